The molecule has 1 aliphatic rings. The molecule has 1 fully saturated rings. The van der Waals surface area contributed by atoms with Crippen LogP contribution in [0.25, 0.3) is 6.08 Å². The zero-order valence-corrected chi connectivity index (χ0v) is 14.0. The van der Waals surface area contributed by atoms with Gasteiger partial charge in [-0.05, 0) is 23.8 Å². The van der Waals surface area contributed by atoms with Crippen molar-refractivity contribution in [3.63, 3.8) is 0 Å². The Hall–Kier alpha value is -2.79. The minimum absolute atomic E-state index is 0.0631. The maximum atomic E-state index is 12.4. The molecule has 1 aromatic rings. The number of nitrogens with zero attached hydrogens (tertiary/aromatic N) is 2. The Kier molecular flexibility index (Phi) is 5.49. The summed E-state index contributed by atoms with van der Waals surface area (Å²) < 4.78 is -0.0631. The van der Waals surface area contributed by atoms with Crippen LogP contribution in [0.1, 0.15) is 12.0 Å². The second kappa shape index (κ2) is 7.40. The number of nitro benzene ring substituents is 1. The quantitative estimate of drug-likeness (QED) is 0.326. The van der Waals surface area contributed by atoms with Crippen molar-refractivity contribution in [3.8, 4) is 0 Å². The molecule has 9 nitrogen and oxygen atoms in total. The predicted molar refractivity (Wildman–Crippen MR) is 91.8 cm³/mol. The molecule has 2 rings (SSSR count). The van der Waals surface area contributed by atoms with Gasteiger partial charge in [0, 0.05) is 12.1 Å². The first kappa shape index (κ1) is 18.5. The molecule has 0 spiro atoms. The van der Waals surface area contributed by atoms with E-state index in [1.54, 1.807) is 0 Å². The number of non-ortho nitro benzene ring substituents is 1. The van der Waals surface area contributed by atoms with Gasteiger partial charge < -0.3 is 10.2 Å². The second-order valence-electron chi connectivity index (χ2n) is 4.85. The highest BCUT2D eigenvalue weighted by Gasteiger charge is 2.41. The lowest BCUT2D eigenvalue weighted by molar-refractivity contribution is -0.384. The maximum absolute atomic E-state index is 12.4. The van der Waals surface area contributed by atoms with Gasteiger partial charge in [-0.3, -0.25) is 24.6 Å². The number of carbonyl (C=O) groups excluding carboxylic acids is 1. The van der Waals surface area contributed by atoms with E-state index in [0.717, 1.165) is 16.7 Å². The van der Waals surface area contributed by atoms with Crippen LogP contribution in [0, 0.1) is 10.1 Å². The number of thioether (sulfide) groups is 1. The highest BCUT2D eigenvalue weighted by Crippen LogP contribution is 2.34. The first-order valence-corrected chi connectivity index (χ1v) is 7.89. The van der Waals surface area contributed by atoms with Crippen molar-refractivity contribution < 1.29 is 29.5 Å². The van der Waals surface area contributed by atoms with E-state index in [2.05, 4.69) is 0 Å². The average molecular weight is 382 g/mol. The first-order chi connectivity index (χ1) is 11.7. The summed E-state index contributed by atoms with van der Waals surface area (Å²) in [6, 6.07) is 3.77. The lowest BCUT2D eigenvalue weighted by Crippen LogP contribution is -2.45. The van der Waals surface area contributed by atoms with E-state index >= 15 is 0 Å². The second-order valence-corrected chi connectivity index (χ2v) is 6.53. The molecule has 0 saturated carbocycles. The highest BCUT2D eigenvalue weighted by molar-refractivity contribution is 8.26. The van der Waals surface area contributed by atoms with Crippen LogP contribution in [0.5, 0.6) is 0 Å². The lowest BCUT2D eigenvalue weighted by Gasteiger charge is -2.21. The van der Waals surface area contributed by atoms with Crippen LogP contribution in [-0.2, 0) is 14.4 Å². The molecule has 1 aliphatic heterocycles. The van der Waals surface area contributed by atoms with Crippen molar-refractivity contribution in [1.29, 1.82) is 0 Å². The van der Waals surface area contributed by atoms with Crippen LogP contribution in [0.15, 0.2) is 29.2 Å². The van der Waals surface area contributed by atoms with E-state index in [9.17, 15) is 24.5 Å². The smallest absolute Gasteiger partial charge is 0.327 e. The Morgan fingerprint density at radius 2 is 1.92 bits per heavy atom. The molecular formula is C14H10N2O7S2. The van der Waals surface area contributed by atoms with Crippen molar-refractivity contribution >= 4 is 57.9 Å². The molecule has 1 unspecified atom stereocenters. The van der Waals surface area contributed by atoms with Gasteiger partial charge in [-0.25, -0.2) is 4.79 Å². The molecule has 2 N–H and O–H groups in total. The van der Waals surface area contributed by atoms with Gasteiger partial charge in [0.2, 0.25) is 0 Å². The van der Waals surface area contributed by atoms with E-state index in [4.69, 9.17) is 22.4 Å². The zero-order valence-electron chi connectivity index (χ0n) is 12.3. The summed E-state index contributed by atoms with van der Waals surface area (Å²) in [6.45, 7) is 0. The summed E-state index contributed by atoms with van der Waals surface area (Å²) in [5.41, 5.74) is 0.369. The van der Waals surface area contributed by atoms with E-state index in [0.29, 0.717) is 5.56 Å². The highest BCUT2D eigenvalue weighted by atomic mass is 32.2. The van der Waals surface area contributed by atoms with Gasteiger partial charge in [0.1, 0.15) is 10.4 Å². The average Bonchev–Trinajstić information content (AvgIpc) is 2.79. The molecule has 1 heterocycles. The van der Waals surface area contributed by atoms with Crippen molar-refractivity contribution in [2.45, 2.75) is 12.5 Å². The maximum Gasteiger partial charge on any atom is 0.327 e. The molecule has 1 atom stereocenters. The van der Waals surface area contributed by atoms with Crippen molar-refractivity contribution in [2.24, 2.45) is 0 Å². The third-order valence-corrected chi connectivity index (χ3v) is 4.52. The van der Waals surface area contributed by atoms with Crippen molar-refractivity contribution in [2.75, 3.05) is 0 Å². The number of aliphatic carboxylic acids is 2. The molecule has 11 heteroatoms. The third kappa shape index (κ3) is 4.19. The number of nitro groups is 1. The van der Waals surface area contributed by atoms with Crippen LogP contribution in [0.2, 0.25) is 0 Å². The Labute approximate surface area is 150 Å². The molecule has 0 aromatic heterocycles. The molecule has 1 saturated heterocycles. The van der Waals surface area contributed by atoms with Crippen LogP contribution in [-0.4, -0.2) is 48.2 Å². The SMILES string of the molecule is O=C(O)CC(C(=O)O)N1C(=O)/C(=C/c2ccc([N+](=O)[O-])cc2)SC1=S. The van der Waals surface area contributed by atoms with E-state index in [-0.39, 0.29) is 14.9 Å². The number of amides is 1. The fourth-order valence-electron chi connectivity index (χ4n) is 2.05. The van der Waals surface area contributed by atoms with Gasteiger partial charge in [0.05, 0.1) is 16.2 Å². The van der Waals surface area contributed by atoms with Crippen LogP contribution < -0.4 is 0 Å². The van der Waals surface area contributed by atoms with Gasteiger partial charge in [-0.15, -0.1) is 0 Å². The number of hydrogen-bond donors (Lipinski definition) is 2. The van der Waals surface area contributed by atoms with Gasteiger partial charge in [0.25, 0.3) is 11.6 Å². The summed E-state index contributed by atoms with van der Waals surface area (Å²) in [5, 5.41) is 28.6. The summed E-state index contributed by atoms with van der Waals surface area (Å²) >= 11 is 5.83. The van der Waals surface area contributed by atoms with E-state index in [1.165, 1.54) is 30.3 Å². The number of carboxylic acid groups (broad SMARTS) is 2. The number of benzene rings is 1. The van der Waals surface area contributed by atoms with Gasteiger partial charge in [-0.1, -0.05) is 24.0 Å². The normalized spacial score (nSPS) is 17.0. The minimum atomic E-state index is -1.60. The first-order valence-electron chi connectivity index (χ1n) is 6.67. The number of hydrogen-bond acceptors (Lipinski definition) is 7. The number of carboxylic acids is 2. The topological polar surface area (TPSA) is 138 Å². The predicted octanol–water partition coefficient (Wildman–Crippen LogP) is 1.72. The molecule has 1 amide bonds. The summed E-state index contributed by atoms with van der Waals surface area (Å²) in [4.78, 5) is 45.4. The largest absolute Gasteiger partial charge is 0.481 e. The van der Waals surface area contributed by atoms with E-state index < -0.39 is 35.2 Å². The monoisotopic (exact) mass is 382 g/mol. The molecule has 0 aliphatic carbocycles. The molecule has 0 bridgehead atoms. The third-order valence-electron chi connectivity index (χ3n) is 3.19. The van der Waals surface area contributed by atoms with Gasteiger partial charge in [0.15, 0.2) is 0 Å². The molecule has 25 heavy (non-hydrogen) atoms. The zero-order chi connectivity index (χ0) is 18.7. The van der Waals surface area contributed by atoms with Gasteiger partial charge >= 0.3 is 11.9 Å². The Balaban J connectivity index is 2.29. The summed E-state index contributed by atoms with van der Waals surface area (Å²) in [7, 11) is 0. The molecular weight excluding hydrogens is 372 g/mol. The fraction of sp³-hybridized carbons (Fsp3) is 0.143. The fourth-order valence-corrected chi connectivity index (χ4v) is 3.40. The van der Waals surface area contributed by atoms with Crippen LogP contribution in [0.4, 0.5) is 5.69 Å². The molecule has 0 radical (unpaired) electrons. The van der Waals surface area contributed by atoms with E-state index in [1.807, 2.05) is 0 Å². The summed E-state index contributed by atoms with van der Waals surface area (Å²) in [6.07, 6.45) is 0.620. The Morgan fingerprint density at radius 1 is 1.32 bits per heavy atom. The Bertz CT molecular complexity index is 804. The number of thiocarbonyl (C=S) groups is 1. The number of rotatable bonds is 6. The van der Waals surface area contributed by atoms with Crippen molar-refractivity contribution in [1.82, 2.24) is 4.90 Å². The van der Waals surface area contributed by atoms with Gasteiger partial charge in [-0.2, -0.15) is 0 Å². The minimum Gasteiger partial charge on any atom is -0.481 e. The van der Waals surface area contributed by atoms with Crippen LogP contribution >= 0.6 is 24.0 Å². The lowest BCUT2D eigenvalue weighted by atomic mass is 10.1. The standard InChI is InChI=1S/C14H10N2O7S2/c17-11(18)6-9(13(20)21)15-12(19)10(25-14(15)24)5-7-1-3-8(4-2-7)16(22)23/h1-5,9H,6H2,(H,17,18)(H,20,21)/b10-5-. The summed E-state index contributed by atoms with van der Waals surface area (Å²) in [5.74, 6) is -3.57. The Morgan fingerprint density at radius 3 is 2.40 bits per heavy atom. The molecule has 1 aromatic carbocycles. The van der Waals surface area contributed by atoms with Crippen molar-refractivity contribution in [3.05, 3.63) is 44.8 Å². The number of carbonyl (C=O) groups is 3. The van der Waals surface area contributed by atoms with Crippen LogP contribution in [0.3, 0.4) is 0 Å². The molecule has 130 valence electrons.